The monoisotopic (exact) mass is 588 g/mol. The molecule has 5 aliphatic rings. The van der Waals surface area contributed by atoms with Crippen LogP contribution in [0.5, 0.6) is 0 Å². The van der Waals surface area contributed by atoms with Crippen LogP contribution in [0.25, 0.3) is 0 Å². The van der Waals surface area contributed by atoms with Crippen molar-refractivity contribution in [2.45, 2.75) is 163 Å². The standard InChI is InChI=1S/C36H60O6/c1-10-21-40-29(37)22-30(38)41-27-15-17-33(6)25(31(27,2)3)14-19-35(8)26(33)12-11-23-24(13-18-34(23,35)7)36(9)20-16-28(42-36)32(4,5)39/h23-28,39H,10-22H2,1-9H3/t23-,24+,25+,26-,27-,28-,33+,34-,35-,36+/m1/s1. The minimum Gasteiger partial charge on any atom is -0.465 e. The van der Waals surface area contributed by atoms with Crippen LogP contribution in [-0.4, -0.2) is 47.1 Å². The topological polar surface area (TPSA) is 82.1 Å². The van der Waals surface area contributed by atoms with E-state index in [-0.39, 0.29) is 45.9 Å². The van der Waals surface area contributed by atoms with Gasteiger partial charge in [-0.25, -0.2) is 0 Å². The summed E-state index contributed by atoms with van der Waals surface area (Å²) in [5.41, 5.74) is -0.349. The second kappa shape index (κ2) is 10.7. The molecule has 4 saturated carbocycles. The van der Waals surface area contributed by atoms with Crippen LogP contribution in [0, 0.1) is 45.3 Å². The van der Waals surface area contributed by atoms with Gasteiger partial charge in [-0.05, 0) is 131 Å². The molecule has 0 aromatic heterocycles. The lowest BCUT2D eigenvalue weighted by Crippen LogP contribution is -2.64. The Hall–Kier alpha value is -1.14. The van der Waals surface area contributed by atoms with Crippen molar-refractivity contribution in [1.82, 2.24) is 0 Å². The van der Waals surface area contributed by atoms with E-state index in [1.165, 1.54) is 32.1 Å². The molecule has 1 aliphatic heterocycles. The van der Waals surface area contributed by atoms with Gasteiger partial charge in [0, 0.05) is 5.41 Å². The summed E-state index contributed by atoms with van der Waals surface area (Å²) in [6.45, 7) is 20.8. The quantitative estimate of drug-likeness (QED) is 0.243. The summed E-state index contributed by atoms with van der Waals surface area (Å²) in [5, 5.41) is 10.7. The molecule has 0 spiro atoms. The zero-order valence-corrected chi connectivity index (χ0v) is 28.1. The molecule has 5 rings (SSSR count). The molecule has 0 aromatic carbocycles. The third-order valence-electron chi connectivity index (χ3n) is 14.3. The molecule has 1 saturated heterocycles. The predicted molar refractivity (Wildman–Crippen MR) is 164 cm³/mol. The van der Waals surface area contributed by atoms with Crippen LogP contribution in [-0.2, 0) is 23.8 Å². The number of esters is 2. The van der Waals surface area contributed by atoms with Crippen molar-refractivity contribution >= 4 is 11.9 Å². The Balaban J connectivity index is 1.32. The van der Waals surface area contributed by atoms with Crippen molar-refractivity contribution in [2.75, 3.05) is 6.61 Å². The van der Waals surface area contributed by atoms with Gasteiger partial charge in [-0.3, -0.25) is 9.59 Å². The fourth-order valence-corrected chi connectivity index (χ4v) is 11.9. The Morgan fingerprint density at radius 2 is 1.50 bits per heavy atom. The third-order valence-corrected chi connectivity index (χ3v) is 14.3. The van der Waals surface area contributed by atoms with Crippen LogP contribution in [0.3, 0.4) is 0 Å². The maximum Gasteiger partial charge on any atom is 0.317 e. The summed E-state index contributed by atoms with van der Waals surface area (Å²) >= 11 is 0. The van der Waals surface area contributed by atoms with Gasteiger partial charge in [-0.15, -0.1) is 0 Å². The highest BCUT2D eigenvalue weighted by Crippen LogP contribution is 2.76. The maximum absolute atomic E-state index is 12.8. The summed E-state index contributed by atoms with van der Waals surface area (Å²) in [4.78, 5) is 24.8. The Bertz CT molecular complexity index is 1050. The van der Waals surface area contributed by atoms with Crippen molar-refractivity contribution in [2.24, 2.45) is 45.3 Å². The van der Waals surface area contributed by atoms with E-state index in [1.807, 2.05) is 20.8 Å². The van der Waals surface area contributed by atoms with Gasteiger partial charge in [0.05, 0.1) is 23.9 Å². The van der Waals surface area contributed by atoms with Crippen molar-refractivity contribution in [1.29, 1.82) is 0 Å². The highest BCUT2D eigenvalue weighted by molar-refractivity contribution is 5.91. The van der Waals surface area contributed by atoms with Gasteiger partial charge in [0.2, 0.25) is 0 Å². The lowest BCUT2D eigenvalue weighted by Gasteiger charge is -2.70. The Labute approximate surface area is 255 Å². The Morgan fingerprint density at radius 1 is 0.810 bits per heavy atom. The number of fused-ring (bicyclic) bond motifs is 5. The fourth-order valence-electron chi connectivity index (χ4n) is 11.9. The van der Waals surface area contributed by atoms with Gasteiger partial charge in [0.15, 0.2) is 0 Å². The minimum absolute atomic E-state index is 0.0795. The molecule has 6 heteroatoms. The number of carbonyl (C=O) groups excluding carboxylic acids is 2. The summed E-state index contributed by atoms with van der Waals surface area (Å²) in [6.07, 6.45) is 11.5. The van der Waals surface area contributed by atoms with Gasteiger partial charge in [-0.2, -0.15) is 0 Å². The van der Waals surface area contributed by atoms with Crippen LogP contribution in [0.1, 0.15) is 139 Å². The number of hydrogen-bond acceptors (Lipinski definition) is 6. The van der Waals surface area contributed by atoms with E-state index >= 15 is 0 Å². The van der Waals surface area contributed by atoms with Crippen molar-refractivity contribution in [3.8, 4) is 0 Å². The molecule has 42 heavy (non-hydrogen) atoms. The van der Waals surface area contributed by atoms with E-state index in [1.54, 1.807) is 0 Å². The Morgan fingerprint density at radius 3 is 2.14 bits per heavy atom. The molecule has 5 fully saturated rings. The van der Waals surface area contributed by atoms with Gasteiger partial charge >= 0.3 is 11.9 Å². The summed E-state index contributed by atoms with van der Waals surface area (Å²) < 4.78 is 17.9. The van der Waals surface area contributed by atoms with Crippen molar-refractivity contribution in [3.05, 3.63) is 0 Å². The number of carbonyl (C=O) groups is 2. The smallest absolute Gasteiger partial charge is 0.317 e. The molecule has 4 aliphatic carbocycles. The van der Waals surface area contributed by atoms with E-state index in [0.29, 0.717) is 30.3 Å². The largest absolute Gasteiger partial charge is 0.465 e. The molecule has 6 nitrogen and oxygen atoms in total. The highest BCUT2D eigenvalue weighted by Gasteiger charge is 2.70. The lowest BCUT2D eigenvalue weighted by atomic mass is 9.35. The van der Waals surface area contributed by atoms with Crippen LogP contribution >= 0.6 is 0 Å². The van der Waals surface area contributed by atoms with Crippen LogP contribution < -0.4 is 0 Å². The number of rotatable bonds is 7. The molecule has 0 bridgehead atoms. The maximum atomic E-state index is 12.8. The SMILES string of the molecule is CCCOC(=O)CC(=O)O[C@@H]1CC[C@]2(C)[C@H]3CC[C@@H]4[C@@H]([C@]5(C)CC[C@H](C(C)(C)O)O5)CC[C@@]4(C)[C@]3(C)CC[C@H]2C1(C)C. The second-order valence-corrected chi connectivity index (χ2v) is 17.2. The molecule has 0 unspecified atom stereocenters. The average molecular weight is 589 g/mol. The predicted octanol–water partition coefficient (Wildman–Crippen LogP) is 7.64. The second-order valence-electron chi connectivity index (χ2n) is 17.2. The van der Waals surface area contributed by atoms with Crippen molar-refractivity contribution in [3.63, 3.8) is 0 Å². The third kappa shape index (κ3) is 4.97. The first-order valence-corrected chi connectivity index (χ1v) is 17.2. The van der Waals surface area contributed by atoms with Crippen LogP contribution in [0.2, 0.25) is 0 Å². The molecule has 10 atom stereocenters. The molecule has 0 radical (unpaired) electrons. The molecule has 0 amide bonds. The number of aliphatic hydroxyl groups is 1. The summed E-state index contributed by atoms with van der Waals surface area (Å²) in [6, 6.07) is 0. The zero-order chi connectivity index (χ0) is 30.9. The number of hydrogen-bond donors (Lipinski definition) is 1. The Kier molecular flexibility index (Phi) is 8.25. The lowest BCUT2D eigenvalue weighted by molar-refractivity contribution is -0.232. The van der Waals surface area contributed by atoms with Crippen LogP contribution in [0.4, 0.5) is 0 Å². The molecular weight excluding hydrogens is 528 g/mol. The van der Waals surface area contributed by atoms with Gasteiger partial charge in [0.1, 0.15) is 12.5 Å². The van der Waals surface area contributed by atoms with Crippen molar-refractivity contribution < 1.29 is 28.9 Å². The van der Waals surface area contributed by atoms with E-state index in [0.717, 1.165) is 38.5 Å². The van der Waals surface area contributed by atoms with E-state index in [2.05, 4.69) is 41.5 Å². The normalized spacial score (nSPS) is 46.3. The van der Waals surface area contributed by atoms with Gasteiger partial charge in [0.25, 0.3) is 0 Å². The minimum atomic E-state index is -0.797. The average Bonchev–Trinajstić information content (AvgIpc) is 3.46. The molecule has 1 N–H and O–H groups in total. The van der Waals surface area contributed by atoms with Gasteiger partial charge in [-0.1, -0.05) is 41.5 Å². The highest BCUT2D eigenvalue weighted by atomic mass is 16.6. The molecular formula is C36H60O6. The van der Waals surface area contributed by atoms with E-state index in [4.69, 9.17) is 14.2 Å². The first-order valence-electron chi connectivity index (χ1n) is 17.2. The van der Waals surface area contributed by atoms with E-state index < -0.39 is 17.5 Å². The van der Waals surface area contributed by atoms with Gasteiger partial charge < -0.3 is 19.3 Å². The van der Waals surface area contributed by atoms with E-state index in [9.17, 15) is 14.7 Å². The van der Waals surface area contributed by atoms with Crippen LogP contribution in [0.15, 0.2) is 0 Å². The first kappa shape index (κ1) is 32.3. The number of ether oxygens (including phenoxy) is 3. The zero-order valence-electron chi connectivity index (χ0n) is 28.1. The molecule has 240 valence electrons. The molecule has 0 aromatic rings. The summed E-state index contributed by atoms with van der Waals surface area (Å²) in [5.74, 6) is 1.39. The first-order chi connectivity index (χ1) is 19.4. The fraction of sp³-hybridized carbons (Fsp3) is 0.944. The summed E-state index contributed by atoms with van der Waals surface area (Å²) in [7, 11) is 0. The molecule has 1 heterocycles.